The van der Waals surface area contributed by atoms with Gasteiger partial charge in [-0.2, -0.15) is 0 Å². The molecule has 0 rings (SSSR count). The second-order valence-corrected chi connectivity index (χ2v) is 4.10. The quantitative estimate of drug-likeness (QED) is 0.628. The summed E-state index contributed by atoms with van der Waals surface area (Å²) in [5.74, 6) is -2.16. The van der Waals surface area contributed by atoms with Crippen molar-refractivity contribution < 1.29 is 24.5 Å². The van der Waals surface area contributed by atoms with Crippen molar-refractivity contribution in [2.24, 2.45) is 5.92 Å². The number of nitrogens with one attached hydrogen (secondary N) is 1. The largest absolute Gasteiger partial charge is 0.481 e. The highest BCUT2D eigenvalue weighted by Crippen LogP contribution is 2.06. The second kappa shape index (κ2) is 5.55. The zero-order valence-corrected chi connectivity index (χ0v) is 9.11. The number of alkyl carbamates (subject to hydrolysis) is 1. The van der Waals surface area contributed by atoms with E-state index in [1.807, 2.05) is 0 Å². The van der Waals surface area contributed by atoms with Crippen molar-refractivity contribution in [1.82, 2.24) is 5.32 Å². The molecule has 0 aliphatic carbocycles. The molecule has 0 aromatic heterocycles. The Kier molecular flexibility index (Phi) is 5.07. The van der Waals surface area contributed by atoms with Crippen molar-refractivity contribution in [3.05, 3.63) is 0 Å². The molecule has 0 heterocycles. The van der Waals surface area contributed by atoms with Gasteiger partial charge in [-0.3, -0.25) is 4.79 Å². The molecule has 0 aromatic rings. The third-order valence-corrected chi connectivity index (χ3v) is 1.46. The Hall–Kier alpha value is -1.30. The fraction of sp³-hybridized carbons (Fsp3) is 0.778. The van der Waals surface area contributed by atoms with E-state index in [0.29, 0.717) is 0 Å². The minimum absolute atomic E-state index is 0.152. The summed E-state index contributed by atoms with van der Waals surface area (Å²) in [6, 6.07) is 0. The predicted octanol–water partition coefficient (Wildman–Crippen LogP) is 0.204. The number of amides is 1. The van der Waals surface area contributed by atoms with Crippen LogP contribution < -0.4 is 5.32 Å². The van der Waals surface area contributed by atoms with Crippen LogP contribution in [0.5, 0.6) is 0 Å². The minimum Gasteiger partial charge on any atom is -0.481 e. The summed E-state index contributed by atoms with van der Waals surface area (Å²) in [5.41, 5.74) is -0.623. The van der Waals surface area contributed by atoms with Crippen LogP contribution in [0.3, 0.4) is 0 Å². The van der Waals surface area contributed by atoms with Crippen LogP contribution in [0.25, 0.3) is 0 Å². The highest BCUT2D eigenvalue weighted by atomic mass is 16.6. The van der Waals surface area contributed by atoms with Crippen LogP contribution in [0.2, 0.25) is 0 Å². The van der Waals surface area contributed by atoms with Crippen LogP contribution in [0, 0.1) is 5.92 Å². The number of hydrogen-bond acceptors (Lipinski definition) is 4. The highest BCUT2D eigenvalue weighted by Gasteiger charge is 2.20. The van der Waals surface area contributed by atoms with E-state index in [2.05, 4.69) is 5.32 Å². The molecule has 88 valence electrons. The molecule has 6 nitrogen and oxygen atoms in total. The van der Waals surface area contributed by atoms with E-state index < -0.39 is 30.2 Å². The summed E-state index contributed by atoms with van der Waals surface area (Å²) in [6.45, 7) is 4.43. The van der Waals surface area contributed by atoms with Crippen molar-refractivity contribution >= 4 is 12.1 Å². The number of rotatable bonds is 4. The summed E-state index contributed by atoms with van der Waals surface area (Å²) < 4.78 is 4.89. The van der Waals surface area contributed by atoms with E-state index in [0.717, 1.165) is 0 Å². The van der Waals surface area contributed by atoms with Gasteiger partial charge in [0.15, 0.2) is 0 Å². The first-order valence-electron chi connectivity index (χ1n) is 4.57. The van der Waals surface area contributed by atoms with Gasteiger partial charge in [0.2, 0.25) is 0 Å². The van der Waals surface area contributed by atoms with E-state index in [4.69, 9.17) is 14.9 Å². The van der Waals surface area contributed by atoms with E-state index in [1.54, 1.807) is 20.8 Å². The SMILES string of the molecule is CC(C)(C)OC(=O)NCC(CO)C(=O)O. The smallest absolute Gasteiger partial charge is 0.407 e. The average Bonchev–Trinajstić information content (AvgIpc) is 2.01. The van der Waals surface area contributed by atoms with E-state index in [9.17, 15) is 9.59 Å². The topological polar surface area (TPSA) is 95.9 Å². The molecule has 1 unspecified atom stereocenters. The molecule has 0 aliphatic heterocycles. The third-order valence-electron chi connectivity index (χ3n) is 1.46. The Morgan fingerprint density at radius 1 is 1.40 bits per heavy atom. The first-order valence-corrected chi connectivity index (χ1v) is 4.57. The lowest BCUT2D eigenvalue weighted by Gasteiger charge is -2.20. The van der Waals surface area contributed by atoms with Crippen LogP contribution in [-0.4, -0.2) is 41.0 Å². The van der Waals surface area contributed by atoms with Crippen LogP contribution in [0.4, 0.5) is 4.79 Å². The van der Waals surface area contributed by atoms with Gasteiger partial charge in [0.25, 0.3) is 0 Å². The minimum atomic E-state index is -1.16. The number of ether oxygens (including phenoxy) is 1. The molecule has 1 amide bonds. The van der Waals surface area contributed by atoms with Gasteiger partial charge in [-0.05, 0) is 20.8 Å². The first-order chi connectivity index (χ1) is 6.76. The van der Waals surface area contributed by atoms with Gasteiger partial charge >= 0.3 is 12.1 Å². The molecule has 0 bridgehead atoms. The fourth-order valence-corrected chi connectivity index (χ4v) is 0.751. The zero-order chi connectivity index (χ0) is 12.1. The molecule has 0 saturated heterocycles. The summed E-state index contributed by atoms with van der Waals surface area (Å²) >= 11 is 0. The number of hydrogen-bond donors (Lipinski definition) is 3. The van der Waals surface area contributed by atoms with Gasteiger partial charge in [-0.25, -0.2) is 4.79 Å². The lowest BCUT2D eigenvalue weighted by molar-refractivity contribution is -0.142. The number of carboxylic acids is 1. The molecule has 0 aliphatic rings. The molecule has 1 atom stereocenters. The number of aliphatic carboxylic acids is 1. The molecule has 3 N–H and O–H groups in total. The van der Waals surface area contributed by atoms with Crippen molar-refractivity contribution in [2.75, 3.05) is 13.2 Å². The Bertz CT molecular complexity index is 233. The summed E-state index contributed by atoms with van der Waals surface area (Å²) in [5, 5.41) is 19.5. The van der Waals surface area contributed by atoms with E-state index in [-0.39, 0.29) is 6.54 Å². The van der Waals surface area contributed by atoms with Crippen LogP contribution in [0.15, 0.2) is 0 Å². The Balaban J connectivity index is 3.94. The molecule has 0 saturated carbocycles. The number of aliphatic hydroxyl groups excluding tert-OH is 1. The molecule has 6 heteroatoms. The van der Waals surface area contributed by atoms with Gasteiger partial charge in [-0.15, -0.1) is 0 Å². The van der Waals surface area contributed by atoms with Crippen molar-refractivity contribution in [2.45, 2.75) is 26.4 Å². The maximum Gasteiger partial charge on any atom is 0.407 e. The summed E-state index contributed by atoms with van der Waals surface area (Å²) in [6.07, 6.45) is -0.692. The molecule has 0 spiro atoms. The number of carbonyl (C=O) groups is 2. The zero-order valence-electron chi connectivity index (χ0n) is 9.11. The molecule has 0 aromatic carbocycles. The number of carboxylic acid groups (broad SMARTS) is 1. The Labute approximate surface area is 88.2 Å². The van der Waals surface area contributed by atoms with Crippen molar-refractivity contribution in [3.63, 3.8) is 0 Å². The number of aliphatic hydroxyl groups is 1. The number of carbonyl (C=O) groups excluding carboxylic acids is 1. The lowest BCUT2D eigenvalue weighted by atomic mass is 10.1. The maximum atomic E-state index is 11.1. The van der Waals surface area contributed by atoms with Gasteiger partial charge in [0.05, 0.1) is 12.5 Å². The van der Waals surface area contributed by atoms with Gasteiger partial charge in [0, 0.05) is 6.54 Å². The van der Waals surface area contributed by atoms with Crippen LogP contribution in [-0.2, 0) is 9.53 Å². The summed E-state index contributed by atoms with van der Waals surface area (Å²) in [7, 11) is 0. The average molecular weight is 219 g/mol. The lowest BCUT2D eigenvalue weighted by Crippen LogP contribution is -2.38. The van der Waals surface area contributed by atoms with Gasteiger partial charge in [-0.1, -0.05) is 0 Å². The fourth-order valence-electron chi connectivity index (χ4n) is 0.751. The predicted molar refractivity (Wildman–Crippen MR) is 52.4 cm³/mol. The van der Waals surface area contributed by atoms with E-state index in [1.165, 1.54) is 0 Å². The first kappa shape index (κ1) is 13.7. The van der Waals surface area contributed by atoms with Gasteiger partial charge < -0.3 is 20.3 Å². The Morgan fingerprint density at radius 3 is 2.27 bits per heavy atom. The standard InChI is InChI=1S/C9H17NO5/c1-9(2,3)15-8(14)10-4-6(5-11)7(12)13/h6,11H,4-5H2,1-3H3,(H,10,14)(H,12,13). The van der Waals surface area contributed by atoms with Crippen molar-refractivity contribution in [3.8, 4) is 0 Å². The third kappa shape index (κ3) is 6.73. The molecule has 0 radical (unpaired) electrons. The monoisotopic (exact) mass is 219 g/mol. The molecular formula is C9H17NO5. The van der Waals surface area contributed by atoms with Crippen LogP contribution >= 0.6 is 0 Å². The second-order valence-electron chi connectivity index (χ2n) is 4.10. The highest BCUT2D eigenvalue weighted by molar-refractivity contribution is 5.72. The molecule has 15 heavy (non-hydrogen) atoms. The van der Waals surface area contributed by atoms with E-state index >= 15 is 0 Å². The van der Waals surface area contributed by atoms with Crippen LogP contribution in [0.1, 0.15) is 20.8 Å². The normalized spacial score (nSPS) is 13.1. The van der Waals surface area contributed by atoms with Gasteiger partial charge in [0.1, 0.15) is 5.60 Å². The molecular weight excluding hydrogens is 202 g/mol. The molecule has 0 fully saturated rings. The van der Waals surface area contributed by atoms with Crippen molar-refractivity contribution in [1.29, 1.82) is 0 Å². The summed E-state index contributed by atoms with van der Waals surface area (Å²) in [4.78, 5) is 21.6. The maximum absolute atomic E-state index is 11.1. The Morgan fingerprint density at radius 2 is 1.93 bits per heavy atom.